The van der Waals surface area contributed by atoms with Gasteiger partial charge in [-0.1, -0.05) is 17.2 Å². The topological polar surface area (TPSA) is 97.6 Å². The molecule has 0 aliphatic carbocycles. The molecule has 1 unspecified atom stereocenters. The highest BCUT2D eigenvalue weighted by Gasteiger charge is 2.35. The van der Waals surface area contributed by atoms with Crippen LogP contribution < -0.4 is 15.0 Å². The van der Waals surface area contributed by atoms with E-state index in [4.69, 9.17) is 9.15 Å². The first-order valence-electron chi connectivity index (χ1n) is 9.34. The molecule has 9 heteroatoms. The number of methoxy groups -OCH3 is 1. The number of nitrogens with zero attached hydrogens (tertiary/aromatic N) is 3. The molecule has 8 nitrogen and oxygen atoms in total. The molecule has 0 saturated carbocycles. The second-order valence-electron chi connectivity index (χ2n) is 6.90. The molecule has 0 bridgehead atoms. The SMILES string of the molecule is COc1ccc(N2CC(c3nnc(NC(=O)Cc4cccc(F)c4)o3)CC2=O)cc1. The zero-order valence-electron chi connectivity index (χ0n) is 16.2. The summed E-state index contributed by atoms with van der Waals surface area (Å²) in [6.07, 6.45) is 0.202. The minimum atomic E-state index is -0.410. The van der Waals surface area contributed by atoms with Crippen LogP contribution in [0.3, 0.4) is 0 Å². The summed E-state index contributed by atoms with van der Waals surface area (Å²) in [6, 6.07) is 12.9. The lowest BCUT2D eigenvalue weighted by molar-refractivity contribution is -0.117. The second kappa shape index (κ2) is 8.32. The van der Waals surface area contributed by atoms with E-state index in [1.807, 2.05) is 12.1 Å². The van der Waals surface area contributed by atoms with Gasteiger partial charge in [0.15, 0.2) is 0 Å². The minimum Gasteiger partial charge on any atom is -0.497 e. The maximum atomic E-state index is 13.2. The smallest absolute Gasteiger partial charge is 0.322 e. The molecule has 0 radical (unpaired) electrons. The van der Waals surface area contributed by atoms with Gasteiger partial charge in [-0.05, 0) is 42.0 Å². The highest BCUT2D eigenvalue weighted by Crippen LogP contribution is 2.32. The molecule has 30 heavy (non-hydrogen) atoms. The van der Waals surface area contributed by atoms with Crippen molar-refractivity contribution in [3.05, 3.63) is 65.8 Å². The number of ether oxygens (including phenoxy) is 1. The van der Waals surface area contributed by atoms with Crippen molar-refractivity contribution in [2.45, 2.75) is 18.8 Å². The van der Waals surface area contributed by atoms with E-state index < -0.39 is 11.7 Å². The predicted molar refractivity (Wildman–Crippen MR) is 106 cm³/mol. The average Bonchev–Trinajstić information content (AvgIpc) is 3.34. The number of amides is 2. The van der Waals surface area contributed by atoms with Crippen molar-refractivity contribution < 1.29 is 23.1 Å². The number of halogens is 1. The zero-order chi connectivity index (χ0) is 21.1. The molecule has 2 heterocycles. The first-order chi connectivity index (χ1) is 14.5. The number of nitrogens with one attached hydrogen (secondary N) is 1. The van der Waals surface area contributed by atoms with Gasteiger partial charge in [0, 0.05) is 18.7 Å². The molecule has 1 aromatic heterocycles. The number of rotatable bonds is 6. The molecule has 154 valence electrons. The van der Waals surface area contributed by atoms with Gasteiger partial charge in [-0.3, -0.25) is 14.9 Å². The van der Waals surface area contributed by atoms with Crippen LogP contribution in [0.2, 0.25) is 0 Å². The van der Waals surface area contributed by atoms with Gasteiger partial charge in [0.05, 0.1) is 19.4 Å². The highest BCUT2D eigenvalue weighted by molar-refractivity contribution is 5.96. The maximum Gasteiger partial charge on any atom is 0.322 e. The van der Waals surface area contributed by atoms with Crippen molar-refractivity contribution in [3.63, 3.8) is 0 Å². The molecule has 2 amide bonds. The molecule has 1 saturated heterocycles. The van der Waals surface area contributed by atoms with E-state index >= 15 is 0 Å². The monoisotopic (exact) mass is 410 g/mol. The third-order valence-corrected chi connectivity index (χ3v) is 4.80. The molecule has 0 spiro atoms. The Morgan fingerprint density at radius 2 is 2.07 bits per heavy atom. The molecule has 3 aromatic rings. The van der Waals surface area contributed by atoms with Gasteiger partial charge in [0.2, 0.25) is 17.7 Å². The van der Waals surface area contributed by atoms with Crippen LogP contribution in [0.5, 0.6) is 5.75 Å². The standard InChI is InChI=1S/C21H19FN4O4/c1-29-17-7-5-16(6-8-17)26-12-14(11-19(26)28)20-24-25-21(30-20)23-18(27)10-13-3-2-4-15(22)9-13/h2-9,14H,10-12H2,1H3,(H,23,25,27). The Hall–Kier alpha value is -3.75. The van der Waals surface area contributed by atoms with E-state index in [0.29, 0.717) is 17.9 Å². The van der Waals surface area contributed by atoms with Gasteiger partial charge in [0.1, 0.15) is 11.6 Å². The van der Waals surface area contributed by atoms with Gasteiger partial charge >= 0.3 is 6.01 Å². The molecular weight excluding hydrogens is 391 g/mol. The second-order valence-corrected chi connectivity index (χ2v) is 6.90. The van der Waals surface area contributed by atoms with E-state index in [1.165, 1.54) is 18.2 Å². The largest absolute Gasteiger partial charge is 0.497 e. The number of anilines is 2. The molecule has 1 aliphatic rings. The number of benzene rings is 2. The van der Waals surface area contributed by atoms with Crippen LogP contribution >= 0.6 is 0 Å². The number of hydrogen-bond donors (Lipinski definition) is 1. The van der Waals surface area contributed by atoms with Gasteiger partial charge in [-0.15, -0.1) is 5.10 Å². The van der Waals surface area contributed by atoms with Crippen molar-refractivity contribution >= 4 is 23.5 Å². The normalized spacial score (nSPS) is 16.0. The summed E-state index contributed by atoms with van der Waals surface area (Å²) in [4.78, 5) is 26.2. The molecular formula is C21H19FN4O4. The number of aromatic nitrogens is 2. The summed E-state index contributed by atoms with van der Waals surface area (Å²) in [5.74, 6) is -0.162. The number of carbonyl (C=O) groups excluding carboxylic acids is 2. The Morgan fingerprint density at radius 1 is 1.27 bits per heavy atom. The van der Waals surface area contributed by atoms with E-state index in [-0.39, 0.29) is 36.6 Å². The first-order valence-corrected chi connectivity index (χ1v) is 9.34. The van der Waals surface area contributed by atoms with E-state index in [2.05, 4.69) is 15.5 Å². The average molecular weight is 410 g/mol. The van der Waals surface area contributed by atoms with Gasteiger partial charge in [-0.25, -0.2) is 4.39 Å². The summed E-state index contributed by atoms with van der Waals surface area (Å²) in [5.41, 5.74) is 1.29. The lowest BCUT2D eigenvalue weighted by Gasteiger charge is -2.16. The molecule has 2 aromatic carbocycles. The van der Waals surface area contributed by atoms with Gasteiger partial charge in [0.25, 0.3) is 0 Å². The predicted octanol–water partition coefficient (Wildman–Crippen LogP) is 2.92. The summed E-state index contributed by atoms with van der Waals surface area (Å²) in [5, 5.41) is 10.3. The van der Waals surface area contributed by atoms with Crippen molar-refractivity contribution in [2.75, 3.05) is 23.9 Å². The Kier molecular flexibility index (Phi) is 5.42. The highest BCUT2D eigenvalue weighted by atomic mass is 19.1. The Balaban J connectivity index is 1.38. The van der Waals surface area contributed by atoms with Crippen molar-refractivity contribution in [1.29, 1.82) is 0 Å². The molecule has 1 fully saturated rings. The van der Waals surface area contributed by atoms with Crippen LogP contribution in [0.25, 0.3) is 0 Å². The van der Waals surface area contributed by atoms with Crippen LogP contribution in [0.1, 0.15) is 23.8 Å². The van der Waals surface area contributed by atoms with E-state index in [9.17, 15) is 14.0 Å². The molecule has 1 atom stereocenters. The fourth-order valence-electron chi connectivity index (χ4n) is 3.33. The molecule has 4 rings (SSSR count). The Labute approximate surface area is 171 Å². The summed E-state index contributed by atoms with van der Waals surface area (Å²) >= 11 is 0. The fourth-order valence-corrected chi connectivity index (χ4v) is 3.33. The van der Waals surface area contributed by atoms with Crippen LogP contribution in [0, 0.1) is 5.82 Å². The van der Waals surface area contributed by atoms with Gasteiger partial charge < -0.3 is 14.1 Å². The van der Waals surface area contributed by atoms with Gasteiger partial charge in [-0.2, -0.15) is 0 Å². The summed E-state index contributed by atoms with van der Waals surface area (Å²) in [6.45, 7) is 0.393. The zero-order valence-corrected chi connectivity index (χ0v) is 16.2. The summed E-state index contributed by atoms with van der Waals surface area (Å²) < 4.78 is 23.9. The van der Waals surface area contributed by atoms with Crippen molar-refractivity contribution in [3.8, 4) is 5.75 Å². The third-order valence-electron chi connectivity index (χ3n) is 4.80. The van der Waals surface area contributed by atoms with E-state index in [1.54, 1.807) is 30.2 Å². The third kappa shape index (κ3) is 4.29. The lowest BCUT2D eigenvalue weighted by atomic mass is 10.1. The first kappa shape index (κ1) is 19.6. The van der Waals surface area contributed by atoms with Crippen LogP contribution in [0.4, 0.5) is 16.1 Å². The van der Waals surface area contributed by atoms with E-state index in [0.717, 1.165) is 5.69 Å². The Bertz CT molecular complexity index is 1070. The molecule has 1 N–H and O–H groups in total. The molecule has 1 aliphatic heterocycles. The van der Waals surface area contributed by atoms with Crippen molar-refractivity contribution in [2.24, 2.45) is 0 Å². The maximum absolute atomic E-state index is 13.2. The van der Waals surface area contributed by atoms with Crippen molar-refractivity contribution in [1.82, 2.24) is 10.2 Å². The van der Waals surface area contributed by atoms with Crippen LogP contribution in [-0.4, -0.2) is 35.7 Å². The quantitative estimate of drug-likeness (QED) is 0.671. The number of hydrogen-bond acceptors (Lipinski definition) is 6. The van der Waals surface area contributed by atoms with Crippen LogP contribution in [0.15, 0.2) is 52.9 Å². The fraction of sp³-hybridized carbons (Fsp3) is 0.238. The minimum absolute atomic E-state index is 0.0252. The van der Waals surface area contributed by atoms with Crippen LogP contribution in [-0.2, 0) is 16.0 Å². The number of carbonyl (C=O) groups is 2. The lowest BCUT2D eigenvalue weighted by Crippen LogP contribution is -2.24. The summed E-state index contributed by atoms with van der Waals surface area (Å²) in [7, 11) is 1.58. The Morgan fingerprint density at radius 3 is 2.80 bits per heavy atom.